The van der Waals surface area contributed by atoms with Crippen LogP contribution in [0, 0.1) is 0 Å². The minimum absolute atomic E-state index is 0.198. The highest BCUT2D eigenvalue weighted by atomic mass is 32.2. The second-order valence-corrected chi connectivity index (χ2v) is 10.6. The Balaban J connectivity index is 2.32. The fourth-order valence-corrected chi connectivity index (χ4v) is 3.91. The average molecular weight is 539 g/mol. The van der Waals surface area contributed by atoms with Crippen LogP contribution in [0.2, 0.25) is 0 Å². The summed E-state index contributed by atoms with van der Waals surface area (Å²) in [5.74, 6) is -3.46. The quantitative estimate of drug-likeness (QED) is 0.0738. The maximum absolute atomic E-state index is 12.6. The van der Waals surface area contributed by atoms with Gasteiger partial charge in [0.05, 0.1) is 24.7 Å². The first-order valence-corrected chi connectivity index (χ1v) is 14.0. The molecule has 0 atom stereocenters. The summed E-state index contributed by atoms with van der Waals surface area (Å²) in [4.78, 5) is 25.2. The Labute approximate surface area is 209 Å². The molecule has 2 rings (SSSR count). The Kier molecular flexibility index (Phi) is 11.0. The van der Waals surface area contributed by atoms with Crippen LogP contribution in [-0.4, -0.2) is 62.6 Å². The van der Waals surface area contributed by atoms with E-state index in [-0.39, 0.29) is 26.1 Å². The highest BCUT2D eigenvalue weighted by Crippen LogP contribution is 2.23. The number of carbonyl (C=O) groups is 2. The van der Waals surface area contributed by atoms with E-state index >= 15 is 0 Å². The van der Waals surface area contributed by atoms with E-state index in [2.05, 4.69) is 0 Å². The number of esters is 2. The first-order chi connectivity index (χ1) is 17.0. The Morgan fingerprint density at radius 2 is 1.06 bits per heavy atom. The molecule has 0 radical (unpaired) electrons. The molecule has 12 heteroatoms. The summed E-state index contributed by atoms with van der Waals surface area (Å²) in [5.41, 5.74) is 1.75. The Morgan fingerprint density at radius 3 is 1.42 bits per heavy atom. The van der Waals surface area contributed by atoms with Gasteiger partial charge in [0.25, 0.3) is 20.2 Å². The van der Waals surface area contributed by atoms with E-state index < -0.39 is 49.3 Å². The number of hydrogen-bond acceptors (Lipinski definition) is 8. The van der Waals surface area contributed by atoms with Gasteiger partial charge in [-0.05, 0) is 35.6 Å². The van der Waals surface area contributed by atoms with Crippen LogP contribution in [0.25, 0.3) is 5.57 Å². The van der Waals surface area contributed by atoms with Crippen LogP contribution in [0.1, 0.15) is 24.0 Å². The van der Waals surface area contributed by atoms with Crippen molar-refractivity contribution < 1.29 is 45.0 Å². The van der Waals surface area contributed by atoms with Gasteiger partial charge >= 0.3 is 11.9 Å². The third-order valence-electron chi connectivity index (χ3n) is 4.59. The van der Waals surface area contributed by atoms with Crippen LogP contribution in [0.3, 0.4) is 0 Å². The molecule has 2 N–H and O–H groups in total. The molecule has 0 bridgehead atoms. The fraction of sp³-hybridized carbons (Fsp3) is 0.250. The van der Waals surface area contributed by atoms with Crippen molar-refractivity contribution in [3.8, 4) is 0 Å². The Hall–Kier alpha value is -3.32. The smallest absolute Gasteiger partial charge is 0.345 e. The molecule has 0 aromatic heterocycles. The molecule has 10 nitrogen and oxygen atoms in total. The Bertz CT molecular complexity index is 1200. The van der Waals surface area contributed by atoms with E-state index in [1.807, 2.05) is 60.7 Å². The van der Waals surface area contributed by atoms with Crippen LogP contribution in [0.15, 0.2) is 78.4 Å². The maximum atomic E-state index is 12.6. The number of allylic oxidation sites excluding steroid dienone is 2. The molecule has 36 heavy (non-hydrogen) atoms. The van der Waals surface area contributed by atoms with E-state index in [1.54, 1.807) is 0 Å². The molecule has 0 spiro atoms. The summed E-state index contributed by atoms with van der Waals surface area (Å²) in [6, 6.07) is 18.3. The second kappa shape index (κ2) is 13.7. The minimum Gasteiger partial charge on any atom is -0.462 e. The van der Waals surface area contributed by atoms with Crippen molar-refractivity contribution in [2.75, 3.05) is 24.7 Å². The van der Waals surface area contributed by atoms with Crippen LogP contribution < -0.4 is 0 Å². The summed E-state index contributed by atoms with van der Waals surface area (Å²) in [5, 5.41) is 0. The van der Waals surface area contributed by atoms with Crippen LogP contribution in [0.4, 0.5) is 0 Å². The zero-order valence-corrected chi connectivity index (χ0v) is 20.8. The molecule has 2 aromatic carbocycles. The summed E-state index contributed by atoms with van der Waals surface area (Å²) in [6.07, 6.45) is 2.33. The van der Waals surface area contributed by atoms with Gasteiger partial charge in [-0.1, -0.05) is 66.7 Å². The molecule has 0 saturated carbocycles. The normalized spacial score (nSPS) is 11.3. The topological polar surface area (TPSA) is 161 Å². The van der Waals surface area contributed by atoms with E-state index in [0.717, 1.165) is 11.1 Å². The molecule has 0 aliphatic carbocycles. The van der Waals surface area contributed by atoms with Gasteiger partial charge in [0.2, 0.25) is 0 Å². The molecule has 0 saturated heterocycles. The van der Waals surface area contributed by atoms with Gasteiger partial charge in [0, 0.05) is 0 Å². The van der Waals surface area contributed by atoms with Crippen molar-refractivity contribution in [1.82, 2.24) is 0 Å². The number of rotatable bonds is 13. The first-order valence-electron chi connectivity index (χ1n) is 10.7. The van der Waals surface area contributed by atoms with Gasteiger partial charge in [-0.3, -0.25) is 9.11 Å². The molecule has 2 aromatic rings. The monoisotopic (exact) mass is 538 g/mol. The molecular weight excluding hydrogens is 512 g/mol. The molecule has 0 aliphatic rings. The van der Waals surface area contributed by atoms with Gasteiger partial charge in [-0.2, -0.15) is 16.8 Å². The van der Waals surface area contributed by atoms with Gasteiger partial charge < -0.3 is 9.47 Å². The second-order valence-electron chi connectivity index (χ2n) is 7.44. The third-order valence-corrected chi connectivity index (χ3v) is 6.19. The Morgan fingerprint density at radius 1 is 0.667 bits per heavy atom. The van der Waals surface area contributed by atoms with Crippen molar-refractivity contribution in [2.24, 2.45) is 0 Å². The predicted octanol–water partition coefficient (Wildman–Crippen LogP) is 2.69. The zero-order chi connectivity index (χ0) is 26.6. The van der Waals surface area contributed by atoms with Crippen molar-refractivity contribution in [3.63, 3.8) is 0 Å². The SMILES string of the molecule is O=C(OCCCS(=O)(=O)O)C(=CC=C(c1ccccc1)c1ccccc1)C(=O)OCCCS(=O)(=O)O. The average Bonchev–Trinajstić information content (AvgIpc) is 2.82. The van der Waals surface area contributed by atoms with Gasteiger partial charge in [-0.25, -0.2) is 9.59 Å². The standard InChI is InChI=1S/C24H26O10S2/c25-23(33-15-7-17-35(27,28)29)22(24(26)34-16-8-18-36(30,31)32)14-13-21(19-9-3-1-4-10-19)20-11-5-2-6-12-20/h1-6,9-14H,7-8,15-18H2,(H,27,28,29)(H,30,31,32). The van der Waals surface area contributed by atoms with Gasteiger partial charge in [-0.15, -0.1) is 0 Å². The molecule has 0 amide bonds. The van der Waals surface area contributed by atoms with Crippen LogP contribution in [-0.2, 0) is 39.3 Å². The van der Waals surface area contributed by atoms with Crippen molar-refractivity contribution in [1.29, 1.82) is 0 Å². The van der Waals surface area contributed by atoms with E-state index in [0.29, 0.717) is 5.57 Å². The van der Waals surface area contributed by atoms with E-state index in [9.17, 15) is 26.4 Å². The number of ether oxygens (including phenoxy) is 2. The van der Waals surface area contributed by atoms with E-state index in [1.165, 1.54) is 12.2 Å². The van der Waals surface area contributed by atoms with Crippen LogP contribution in [0.5, 0.6) is 0 Å². The number of hydrogen-bond donors (Lipinski definition) is 2. The molecule has 0 heterocycles. The summed E-state index contributed by atoms with van der Waals surface area (Å²) < 4.78 is 70.9. The molecule has 0 unspecified atom stereocenters. The predicted molar refractivity (Wildman–Crippen MR) is 132 cm³/mol. The van der Waals surface area contributed by atoms with Crippen molar-refractivity contribution >= 4 is 37.7 Å². The number of carbonyl (C=O) groups excluding carboxylic acids is 2. The maximum Gasteiger partial charge on any atom is 0.345 e. The van der Waals surface area contributed by atoms with Gasteiger partial charge in [0.15, 0.2) is 0 Å². The summed E-state index contributed by atoms with van der Waals surface area (Å²) in [7, 11) is -8.49. The lowest BCUT2D eigenvalue weighted by Gasteiger charge is -2.10. The third kappa shape index (κ3) is 11.0. The van der Waals surface area contributed by atoms with Crippen molar-refractivity contribution in [2.45, 2.75) is 12.8 Å². The fourth-order valence-electron chi connectivity index (χ4n) is 2.95. The lowest BCUT2D eigenvalue weighted by atomic mass is 9.97. The molecular formula is C24H26O10S2. The molecule has 194 valence electrons. The lowest BCUT2D eigenvalue weighted by molar-refractivity contribution is -0.147. The molecule has 0 aliphatic heterocycles. The number of benzene rings is 2. The lowest BCUT2D eigenvalue weighted by Crippen LogP contribution is -2.20. The largest absolute Gasteiger partial charge is 0.462 e. The molecule has 0 fully saturated rings. The van der Waals surface area contributed by atoms with Gasteiger partial charge in [0.1, 0.15) is 5.57 Å². The van der Waals surface area contributed by atoms with E-state index in [4.69, 9.17) is 18.6 Å². The highest BCUT2D eigenvalue weighted by Gasteiger charge is 2.22. The highest BCUT2D eigenvalue weighted by molar-refractivity contribution is 7.86. The first kappa shape index (κ1) is 28.9. The minimum atomic E-state index is -4.24. The summed E-state index contributed by atoms with van der Waals surface area (Å²) >= 11 is 0. The van der Waals surface area contributed by atoms with Crippen LogP contribution >= 0.6 is 0 Å². The summed E-state index contributed by atoms with van der Waals surface area (Å²) in [6.45, 7) is -0.778. The zero-order valence-electron chi connectivity index (χ0n) is 19.1. The van der Waals surface area contributed by atoms with Crippen molar-refractivity contribution in [3.05, 3.63) is 89.5 Å².